The number of nitrogens with zero attached hydrogens (tertiary/aromatic N) is 3. The molecule has 92 valence electrons. The maximum atomic E-state index is 13.6. The van der Waals surface area contributed by atoms with Crippen molar-refractivity contribution in [2.24, 2.45) is 5.11 Å². The van der Waals surface area contributed by atoms with Crippen LogP contribution in [0.5, 0.6) is 0 Å². The molecular formula is C11H14FN3O2. The highest BCUT2D eigenvalue weighted by Crippen LogP contribution is 2.23. The Morgan fingerprint density at radius 3 is 2.82 bits per heavy atom. The lowest BCUT2D eigenvalue weighted by molar-refractivity contribution is 0.0129. The van der Waals surface area contributed by atoms with Crippen LogP contribution in [0.25, 0.3) is 10.4 Å². The Morgan fingerprint density at radius 2 is 2.18 bits per heavy atom. The molecule has 6 heteroatoms. The van der Waals surface area contributed by atoms with Gasteiger partial charge in [-0.05, 0) is 24.4 Å². The molecule has 0 aliphatic carbocycles. The van der Waals surface area contributed by atoms with Crippen molar-refractivity contribution < 1.29 is 14.6 Å². The summed E-state index contributed by atoms with van der Waals surface area (Å²) >= 11 is 0. The molecular weight excluding hydrogens is 225 g/mol. The van der Waals surface area contributed by atoms with Gasteiger partial charge in [-0.2, -0.15) is 0 Å². The fraction of sp³-hybridized carbons (Fsp3) is 0.455. The van der Waals surface area contributed by atoms with Gasteiger partial charge in [0.1, 0.15) is 11.9 Å². The molecule has 1 rings (SSSR count). The van der Waals surface area contributed by atoms with Crippen molar-refractivity contribution in [3.05, 3.63) is 45.6 Å². The Kier molecular flexibility index (Phi) is 4.90. The predicted molar refractivity (Wildman–Crippen MR) is 60.7 cm³/mol. The maximum Gasteiger partial charge on any atom is 0.132 e. The first kappa shape index (κ1) is 13.4. The third kappa shape index (κ3) is 3.42. The second-order valence-electron chi connectivity index (χ2n) is 3.73. The number of hydrogen-bond acceptors (Lipinski definition) is 3. The summed E-state index contributed by atoms with van der Waals surface area (Å²) in [6.45, 7) is 1.64. The molecule has 0 bridgehead atoms. The van der Waals surface area contributed by atoms with Gasteiger partial charge in [0.2, 0.25) is 0 Å². The topological polar surface area (TPSA) is 89.2 Å². The Hall–Kier alpha value is -1.62. The van der Waals surface area contributed by atoms with E-state index in [-0.39, 0.29) is 18.5 Å². The van der Waals surface area contributed by atoms with Crippen molar-refractivity contribution in [1.82, 2.24) is 0 Å². The van der Waals surface area contributed by atoms with E-state index in [1.807, 2.05) is 0 Å². The zero-order chi connectivity index (χ0) is 12.8. The summed E-state index contributed by atoms with van der Waals surface area (Å²) in [6.07, 6.45) is -2.39. The average Bonchev–Trinajstić information content (AvgIpc) is 2.32. The van der Waals surface area contributed by atoms with Gasteiger partial charge < -0.3 is 10.2 Å². The summed E-state index contributed by atoms with van der Waals surface area (Å²) in [6, 6.07) is 4.61. The summed E-state index contributed by atoms with van der Waals surface area (Å²) in [5, 5.41) is 22.6. The Labute approximate surface area is 98.1 Å². The number of benzene rings is 1. The zero-order valence-corrected chi connectivity index (χ0v) is 9.41. The predicted octanol–water partition coefficient (Wildman–Crippen LogP) is 2.23. The van der Waals surface area contributed by atoms with Gasteiger partial charge in [-0.1, -0.05) is 23.3 Å². The molecule has 2 atom stereocenters. The van der Waals surface area contributed by atoms with Gasteiger partial charge in [-0.3, -0.25) is 0 Å². The Balaban J connectivity index is 2.77. The van der Waals surface area contributed by atoms with Gasteiger partial charge in [0.25, 0.3) is 0 Å². The number of aliphatic hydroxyl groups is 2. The van der Waals surface area contributed by atoms with Gasteiger partial charge in [0.15, 0.2) is 0 Å². The lowest BCUT2D eigenvalue weighted by Gasteiger charge is -2.18. The van der Waals surface area contributed by atoms with Crippen molar-refractivity contribution in [2.45, 2.75) is 25.6 Å². The van der Waals surface area contributed by atoms with Crippen LogP contribution >= 0.6 is 0 Å². The average molecular weight is 239 g/mol. The van der Waals surface area contributed by atoms with Crippen molar-refractivity contribution >= 4 is 0 Å². The van der Waals surface area contributed by atoms with Crippen LogP contribution in [0.2, 0.25) is 0 Å². The van der Waals surface area contributed by atoms with Gasteiger partial charge >= 0.3 is 0 Å². The second-order valence-corrected chi connectivity index (χ2v) is 3.73. The first-order valence-corrected chi connectivity index (χ1v) is 5.20. The SMILES string of the molecule is Cc1cccc(C(O)C(O)CCN=[N+]=[N-])c1F. The molecule has 17 heavy (non-hydrogen) atoms. The fourth-order valence-corrected chi connectivity index (χ4v) is 1.50. The lowest BCUT2D eigenvalue weighted by atomic mass is 10.00. The van der Waals surface area contributed by atoms with E-state index >= 15 is 0 Å². The number of halogens is 1. The minimum atomic E-state index is -1.32. The van der Waals surface area contributed by atoms with Crippen LogP contribution in [0.1, 0.15) is 23.7 Å². The fourth-order valence-electron chi connectivity index (χ4n) is 1.50. The minimum Gasteiger partial charge on any atom is -0.390 e. The van der Waals surface area contributed by atoms with Crippen LogP contribution < -0.4 is 0 Å². The third-order valence-corrected chi connectivity index (χ3v) is 2.49. The van der Waals surface area contributed by atoms with Crippen LogP contribution in [-0.4, -0.2) is 22.9 Å². The van der Waals surface area contributed by atoms with Crippen molar-refractivity contribution in [1.29, 1.82) is 0 Å². The first-order chi connectivity index (χ1) is 8.07. The monoisotopic (exact) mass is 239 g/mol. The van der Waals surface area contributed by atoms with Gasteiger partial charge in [0.05, 0.1) is 6.10 Å². The molecule has 0 aliphatic heterocycles. The molecule has 0 amide bonds. The van der Waals surface area contributed by atoms with Crippen molar-refractivity contribution in [2.75, 3.05) is 6.54 Å². The standard InChI is InChI=1S/C11H14FN3O2/c1-7-3-2-4-8(10(7)12)11(17)9(16)5-6-14-15-13/h2-4,9,11,16-17H,5-6H2,1H3. The van der Waals surface area contributed by atoms with Crippen LogP contribution in [0, 0.1) is 12.7 Å². The molecule has 0 saturated heterocycles. The lowest BCUT2D eigenvalue weighted by Crippen LogP contribution is -2.20. The molecule has 0 radical (unpaired) electrons. The van der Waals surface area contributed by atoms with E-state index < -0.39 is 18.0 Å². The number of rotatable bonds is 5. The van der Waals surface area contributed by atoms with E-state index in [2.05, 4.69) is 10.0 Å². The minimum absolute atomic E-state index is 0.0541. The van der Waals surface area contributed by atoms with Crippen LogP contribution in [0.3, 0.4) is 0 Å². The largest absolute Gasteiger partial charge is 0.390 e. The molecule has 2 unspecified atom stereocenters. The summed E-state index contributed by atoms with van der Waals surface area (Å²) in [5.74, 6) is -0.525. The summed E-state index contributed by atoms with van der Waals surface area (Å²) in [4.78, 5) is 2.53. The molecule has 0 saturated carbocycles. The maximum absolute atomic E-state index is 13.6. The van der Waals surface area contributed by atoms with Gasteiger partial charge in [-0.15, -0.1) is 0 Å². The smallest absolute Gasteiger partial charge is 0.132 e. The molecule has 5 nitrogen and oxygen atoms in total. The molecule has 0 aromatic heterocycles. The van der Waals surface area contributed by atoms with E-state index in [9.17, 15) is 14.6 Å². The number of aryl methyl sites for hydroxylation is 1. The van der Waals surface area contributed by atoms with Crippen LogP contribution in [0.4, 0.5) is 4.39 Å². The molecule has 1 aromatic rings. The highest BCUT2D eigenvalue weighted by molar-refractivity contribution is 5.27. The molecule has 0 fully saturated rings. The Morgan fingerprint density at radius 1 is 1.47 bits per heavy atom. The van der Waals surface area contributed by atoms with Crippen LogP contribution in [0.15, 0.2) is 23.3 Å². The molecule has 2 N–H and O–H groups in total. The quantitative estimate of drug-likeness (QED) is 0.468. The first-order valence-electron chi connectivity index (χ1n) is 5.20. The highest BCUT2D eigenvalue weighted by Gasteiger charge is 2.21. The van der Waals surface area contributed by atoms with E-state index in [0.717, 1.165) is 0 Å². The normalized spacial score (nSPS) is 13.9. The molecule has 0 aliphatic rings. The number of aliphatic hydroxyl groups excluding tert-OH is 2. The van der Waals surface area contributed by atoms with E-state index in [4.69, 9.17) is 5.53 Å². The van der Waals surface area contributed by atoms with Crippen molar-refractivity contribution in [3.63, 3.8) is 0 Å². The van der Waals surface area contributed by atoms with Gasteiger partial charge in [-0.25, -0.2) is 4.39 Å². The van der Waals surface area contributed by atoms with E-state index in [1.54, 1.807) is 19.1 Å². The second kappa shape index (κ2) is 6.20. The third-order valence-electron chi connectivity index (χ3n) is 2.49. The van der Waals surface area contributed by atoms with Gasteiger partial charge in [0, 0.05) is 17.0 Å². The summed E-state index contributed by atoms with van der Waals surface area (Å²) < 4.78 is 13.6. The summed E-state index contributed by atoms with van der Waals surface area (Å²) in [5.41, 5.74) is 8.53. The molecule has 0 heterocycles. The van der Waals surface area contributed by atoms with E-state index in [1.165, 1.54) is 6.07 Å². The van der Waals surface area contributed by atoms with Crippen molar-refractivity contribution in [3.8, 4) is 0 Å². The zero-order valence-electron chi connectivity index (χ0n) is 9.41. The summed E-state index contributed by atoms with van der Waals surface area (Å²) in [7, 11) is 0. The number of azide groups is 1. The number of hydrogen-bond donors (Lipinski definition) is 2. The molecule has 1 aromatic carbocycles. The highest BCUT2D eigenvalue weighted by atomic mass is 19.1. The van der Waals surface area contributed by atoms with Crippen LogP contribution in [-0.2, 0) is 0 Å². The van der Waals surface area contributed by atoms with E-state index in [0.29, 0.717) is 5.56 Å². The molecule has 0 spiro atoms. The Bertz CT molecular complexity index is 433.